The molecule has 0 bridgehead atoms. The molecule has 3 atom stereocenters. The van der Waals surface area contributed by atoms with Crippen LogP contribution in [0.3, 0.4) is 0 Å². The van der Waals surface area contributed by atoms with Crippen molar-refractivity contribution in [3.05, 3.63) is 22.8 Å². The van der Waals surface area contributed by atoms with Crippen LogP contribution in [-0.4, -0.2) is 45.3 Å². The third kappa shape index (κ3) is 2.51. The molecule has 0 saturated heterocycles. The third-order valence-electron chi connectivity index (χ3n) is 3.78. The van der Waals surface area contributed by atoms with Crippen molar-refractivity contribution >= 4 is 16.8 Å². The molecule has 0 saturated carbocycles. The van der Waals surface area contributed by atoms with Crippen LogP contribution in [-0.2, 0) is 15.5 Å². The zero-order chi connectivity index (χ0) is 15.9. The molecule has 7 heteroatoms. The first kappa shape index (κ1) is 15.8. The fourth-order valence-corrected chi connectivity index (χ4v) is 3.59. The van der Waals surface area contributed by atoms with Crippen molar-refractivity contribution in [2.45, 2.75) is 25.6 Å². The number of phenols is 1. The molecule has 1 unspecified atom stereocenters. The highest BCUT2D eigenvalue weighted by atomic mass is 32.2. The molecule has 0 fully saturated rings. The van der Waals surface area contributed by atoms with E-state index in [0.29, 0.717) is 16.9 Å². The molecule has 0 amide bonds. The number of phenolic OH excluding ortho intramolecular Hbond substituents is 1. The molecular formula is C14H18O6S. The Bertz CT molecular complexity index is 626. The summed E-state index contributed by atoms with van der Waals surface area (Å²) >= 11 is 0. The molecule has 21 heavy (non-hydrogen) atoms. The van der Waals surface area contributed by atoms with Crippen molar-refractivity contribution in [3.8, 4) is 11.5 Å². The van der Waals surface area contributed by atoms with E-state index in [4.69, 9.17) is 9.47 Å². The molecule has 1 aromatic rings. The van der Waals surface area contributed by atoms with Gasteiger partial charge in [0.05, 0.1) is 12.9 Å². The molecule has 1 aliphatic heterocycles. The number of ether oxygens (including phenoxy) is 2. The molecule has 2 N–H and O–H groups in total. The van der Waals surface area contributed by atoms with E-state index in [2.05, 4.69) is 0 Å². The van der Waals surface area contributed by atoms with Crippen molar-refractivity contribution in [1.29, 1.82) is 0 Å². The van der Waals surface area contributed by atoms with Gasteiger partial charge in [-0.1, -0.05) is 6.92 Å². The summed E-state index contributed by atoms with van der Waals surface area (Å²) in [5, 5.41) is 20.6. The minimum atomic E-state index is -1.87. The van der Waals surface area contributed by atoms with Crippen LogP contribution >= 0.6 is 0 Å². The van der Waals surface area contributed by atoms with Gasteiger partial charge in [-0.3, -0.25) is 4.21 Å². The van der Waals surface area contributed by atoms with Gasteiger partial charge in [0.1, 0.15) is 17.1 Å². The Labute approximate surface area is 125 Å². The number of hydrogen-bond acceptors (Lipinski definition) is 6. The van der Waals surface area contributed by atoms with E-state index in [-0.39, 0.29) is 17.1 Å². The Morgan fingerprint density at radius 1 is 1.52 bits per heavy atom. The maximum Gasteiger partial charge on any atom is 0.344 e. The molecule has 1 aromatic carbocycles. The van der Waals surface area contributed by atoms with E-state index in [1.807, 2.05) is 0 Å². The highest BCUT2D eigenvalue weighted by Gasteiger charge is 2.48. The Morgan fingerprint density at radius 2 is 2.14 bits per heavy atom. The summed E-state index contributed by atoms with van der Waals surface area (Å²) in [5.74, 6) is -3.39. The topological polar surface area (TPSA) is 93.1 Å². The summed E-state index contributed by atoms with van der Waals surface area (Å²) in [6.45, 7) is 3.39. The summed E-state index contributed by atoms with van der Waals surface area (Å²) < 4.78 is 21.7. The quantitative estimate of drug-likeness (QED) is 0.810. The lowest BCUT2D eigenvalue weighted by Gasteiger charge is -2.38. The van der Waals surface area contributed by atoms with Gasteiger partial charge in [-0.15, -0.1) is 0 Å². The summed E-state index contributed by atoms with van der Waals surface area (Å²) in [5.41, 5.74) is 1.11. The first-order valence-corrected chi connectivity index (χ1v) is 8.10. The van der Waals surface area contributed by atoms with Crippen LogP contribution in [0, 0.1) is 6.92 Å². The Morgan fingerprint density at radius 3 is 2.67 bits per heavy atom. The van der Waals surface area contributed by atoms with Gasteiger partial charge in [0.2, 0.25) is 5.79 Å². The zero-order valence-corrected chi connectivity index (χ0v) is 13.1. The smallest absolute Gasteiger partial charge is 0.344 e. The third-order valence-corrected chi connectivity index (χ3v) is 4.60. The second-order valence-electron chi connectivity index (χ2n) is 5.19. The Kier molecular flexibility index (Phi) is 3.99. The van der Waals surface area contributed by atoms with Crippen molar-refractivity contribution < 1.29 is 28.7 Å². The normalized spacial score (nSPS) is 26.0. The van der Waals surface area contributed by atoms with Gasteiger partial charge >= 0.3 is 5.97 Å². The highest BCUT2D eigenvalue weighted by molar-refractivity contribution is 7.84. The Hall–Kier alpha value is -1.60. The van der Waals surface area contributed by atoms with Gasteiger partial charge in [-0.2, -0.15) is 0 Å². The monoisotopic (exact) mass is 314 g/mol. The number of rotatable bonds is 3. The van der Waals surface area contributed by atoms with E-state index < -0.39 is 28.5 Å². The number of benzene rings is 1. The molecule has 0 aliphatic carbocycles. The standard InChI is InChI=1S/C14H18O6S/c1-7-10(19-3)5-9(15)12-11(7)8(2)14(17,6-21(4)18)20-13(12)16/h5,8,15,17H,6H2,1-4H3/t8-,14-,21?/m0/s1. The molecule has 6 nitrogen and oxygen atoms in total. The van der Waals surface area contributed by atoms with Crippen molar-refractivity contribution in [1.82, 2.24) is 0 Å². The number of carbonyl (C=O) groups is 1. The minimum absolute atomic E-state index is 0.0207. The molecule has 1 heterocycles. The second kappa shape index (κ2) is 5.31. The average Bonchev–Trinajstić information content (AvgIpc) is 2.37. The van der Waals surface area contributed by atoms with Crippen LogP contribution in [0.15, 0.2) is 6.07 Å². The van der Waals surface area contributed by atoms with E-state index in [1.54, 1.807) is 13.8 Å². The molecule has 2 rings (SSSR count). The number of fused-ring (bicyclic) bond motifs is 1. The lowest BCUT2D eigenvalue weighted by Crippen LogP contribution is -2.48. The number of esters is 1. The SMILES string of the molecule is COc1cc(O)c2c(c1C)[C@H](C)[C@](O)(CS(C)=O)OC2=O. The number of methoxy groups -OCH3 is 1. The first-order chi connectivity index (χ1) is 9.71. The molecule has 0 radical (unpaired) electrons. The van der Waals surface area contributed by atoms with Gasteiger partial charge in [0.25, 0.3) is 0 Å². The largest absolute Gasteiger partial charge is 0.507 e. The fourth-order valence-electron chi connectivity index (χ4n) is 2.70. The van der Waals surface area contributed by atoms with Crippen LogP contribution in [0.1, 0.15) is 34.3 Å². The van der Waals surface area contributed by atoms with E-state index >= 15 is 0 Å². The number of hydrogen-bond donors (Lipinski definition) is 2. The maximum absolute atomic E-state index is 12.1. The lowest BCUT2D eigenvalue weighted by atomic mass is 9.83. The van der Waals surface area contributed by atoms with Crippen LogP contribution in [0.4, 0.5) is 0 Å². The minimum Gasteiger partial charge on any atom is -0.507 e. The highest BCUT2D eigenvalue weighted by Crippen LogP contribution is 2.45. The van der Waals surface area contributed by atoms with Gasteiger partial charge in [-0.25, -0.2) is 4.79 Å². The summed E-state index contributed by atoms with van der Waals surface area (Å²) in [4.78, 5) is 12.1. The van der Waals surface area contributed by atoms with Crippen LogP contribution < -0.4 is 4.74 Å². The van der Waals surface area contributed by atoms with Crippen molar-refractivity contribution in [2.75, 3.05) is 19.1 Å². The van der Waals surface area contributed by atoms with Gasteiger partial charge in [-0.05, 0) is 18.1 Å². The molecular weight excluding hydrogens is 296 g/mol. The number of carbonyl (C=O) groups excluding carboxylic acids is 1. The van der Waals surface area contributed by atoms with E-state index in [1.165, 1.54) is 19.4 Å². The summed E-state index contributed by atoms with van der Waals surface area (Å²) in [6.07, 6.45) is 1.42. The Balaban J connectivity index is 2.67. The second-order valence-corrected chi connectivity index (χ2v) is 6.62. The van der Waals surface area contributed by atoms with Crippen molar-refractivity contribution in [3.63, 3.8) is 0 Å². The zero-order valence-electron chi connectivity index (χ0n) is 12.3. The van der Waals surface area contributed by atoms with Gasteiger partial charge < -0.3 is 19.7 Å². The molecule has 1 aliphatic rings. The average molecular weight is 314 g/mol. The predicted molar refractivity (Wildman–Crippen MR) is 77.1 cm³/mol. The predicted octanol–water partition coefficient (Wildman–Crippen LogP) is 1.05. The summed E-state index contributed by atoms with van der Waals surface area (Å²) in [7, 11) is 0.0967. The number of aliphatic hydroxyl groups is 1. The van der Waals surface area contributed by atoms with Crippen LogP contribution in [0.2, 0.25) is 0 Å². The molecule has 0 spiro atoms. The summed E-state index contributed by atoms with van der Waals surface area (Å²) in [6, 6.07) is 1.34. The molecule has 116 valence electrons. The molecule has 0 aromatic heterocycles. The first-order valence-electron chi connectivity index (χ1n) is 6.37. The lowest BCUT2D eigenvalue weighted by molar-refractivity contribution is -0.166. The van der Waals surface area contributed by atoms with Crippen LogP contribution in [0.5, 0.6) is 11.5 Å². The maximum atomic E-state index is 12.1. The van der Waals surface area contributed by atoms with Gasteiger partial charge in [0, 0.05) is 29.0 Å². The van der Waals surface area contributed by atoms with E-state index in [0.717, 1.165) is 0 Å². The van der Waals surface area contributed by atoms with Crippen molar-refractivity contribution in [2.24, 2.45) is 0 Å². The van der Waals surface area contributed by atoms with Crippen LogP contribution in [0.25, 0.3) is 0 Å². The number of aromatic hydroxyl groups is 1. The van der Waals surface area contributed by atoms with Gasteiger partial charge in [0.15, 0.2) is 0 Å². The fraction of sp³-hybridized carbons (Fsp3) is 0.500. The van der Waals surface area contributed by atoms with E-state index in [9.17, 15) is 19.2 Å². The number of cyclic esters (lactones) is 1.